The number of aromatic nitrogens is 2. The Bertz CT molecular complexity index is 2200. The average Bonchev–Trinajstić information content (AvgIpc) is 3.14. The molecule has 0 spiro atoms. The lowest BCUT2D eigenvalue weighted by Gasteiger charge is -2.30. The van der Waals surface area contributed by atoms with Gasteiger partial charge in [0.1, 0.15) is 0 Å². The monoisotopic (exact) mass is 743 g/mol. The van der Waals surface area contributed by atoms with Gasteiger partial charge in [0.25, 0.3) is 21.8 Å². The zero-order valence-electron chi connectivity index (χ0n) is 28.5. The van der Waals surface area contributed by atoms with Gasteiger partial charge in [-0.15, -0.1) is 0 Å². The summed E-state index contributed by atoms with van der Waals surface area (Å²) in [5.41, 5.74) is 3.17. The Hall–Kier alpha value is -4.51. The summed E-state index contributed by atoms with van der Waals surface area (Å²) >= 11 is 12.9. The van der Waals surface area contributed by atoms with E-state index in [1.807, 2.05) is 18.2 Å². The SMILES string of the molecule is CCCCN(CCCC)c1ncc(Cl)c(-c2ccc(C(=O)NS(=O)(=O)c3ccc4ccc(Cl)cc4c3)cc2C(=O)N2CCc3ccccc3C2)n1. The highest BCUT2D eigenvalue weighted by Crippen LogP contribution is 2.33. The number of sulfonamides is 1. The molecule has 0 atom stereocenters. The molecule has 0 saturated carbocycles. The molecule has 1 aromatic heterocycles. The molecule has 4 aromatic carbocycles. The molecule has 5 aromatic rings. The first kappa shape index (κ1) is 36.3. The molecular formula is C39H39Cl2N5O4S. The number of fused-ring (bicyclic) bond motifs is 2. The summed E-state index contributed by atoms with van der Waals surface area (Å²) in [6.45, 7) is 6.66. The van der Waals surface area contributed by atoms with Crippen molar-refractivity contribution in [2.24, 2.45) is 0 Å². The largest absolute Gasteiger partial charge is 0.341 e. The minimum Gasteiger partial charge on any atom is -0.341 e. The van der Waals surface area contributed by atoms with E-state index in [0.29, 0.717) is 47.1 Å². The van der Waals surface area contributed by atoms with Gasteiger partial charge in [-0.1, -0.05) is 92.4 Å². The minimum absolute atomic E-state index is 0.00941. The molecule has 0 unspecified atom stereocenters. The van der Waals surface area contributed by atoms with Gasteiger partial charge in [-0.2, -0.15) is 0 Å². The van der Waals surface area contributed by atoms with Crippen LogP contribution in [0.2, 0.25) is 10.0 Å². The van der Waals surface area contributed by atoms with Gasteiger partial charge in [0, 0.05) is 47.9 Å². The molecule has 1 N–H and O–H groups in total. The van der Waals surface area contributed by atoms with Gasteiger partial charge in [0.05, 0.1) is 21.8 Å². The van der Waals surface area contributed by atoms with Crippen LogP contribution in [0.15, 0.2) is 90.0 Å². The fourth-order valence-corrected chi connectivity index (χ4v) is 7.60. The van der Waals surface area contributed by atoms with Crippen LogP contribution in [0.1, 0.15) is 71.4 Å². The summed E-state index contributed by atoms with van der Waals surface area (Å²) in [4.78, 5) is 41.2. The van der Waals surface area contributed by atoms with E-state index in [1.54, 1.807) is 41.4 Å². The molecular weight excluding hydrogens is 705 g/mol. The number of nitrogens with one attached hydrogen (secondary N) is 1. The highest BCUT2D eigenvalue weighted by Gasteiger charge is 2.28. The van der Waals surface area contributed by atoms with Crippen molar-refractivity contribution in [3.63, 3.8) is 0 Å². The van der Waals surface area contributed by atoms with E-state index in [9.17, 15) is 18.0 Å². The highest BCUT2D eigenvalue weighted by atomic mass is 35.5. The summed E-state index contributed by atoms with van der Waals surface area (Å²) in [7, 11) is -4.28. The first-order valence-electron chi connectivity index (χ1n) is 17.1. The number of hydrogen-bond acceptors (Lipinski definition) is 7. The Morgan fingerprint density at radius 2 is 1.61 bits per heavy atom. The Labute approximate surface area is 308 Å². The van der Waals surface area contributed by atoms with Crippen LogP contribution < -0.4 is 9.62 Å². The van der Waals surface area contributed by atoms with Gasteiger partial charge in [0.2, 0.25) is 5.95 Å². The average molecular weight is 745 g/mol. The molecule has 12 heteroatoms. The second-order valence-electron chi connectivity index (χ2n) is 12.7. The van der Waals surface area contributed by atoms with Crippen LogP contribution in [0.25, 0.3) is 22.0 Å². The number of unbranched alkanes of at least 4 members (excludes halogenated alkanes) is 2. The van der Waals surface area contributed by atoms with Crippen molar-refractivity contribution in [3.05, 3.63) is 117 Å². The normalized spacial score (nSPS) is 12.8. The van der Waals surface area contributed by atoms with Crippen LogP contribution >= 0.6 is 23.2 Å². The van der Waals surface area contributed by atoms with Gasteiger partial charge in [-0.25, -0.2) is 23.1 Å². The van der Waals surface area contributed by atoms with Gasteiger partial charge in [-0.3, -0.25) is 9.59 Å². The molecule has 0 aliphatic carbocycles. The van der Waals surface area contributed by atoms with E-state index in [1.165, 1.54) is 29.8 Å². The van der Waals surface area contributed by atoms with E-state index in [4.69, 9.17) is 28.2 Å². The van der Waals surface area contributed by atoms with Crippen LogP contribution in [0, 0.1) is 0 Å². The number of amides is 2. The molecule has 6 rings (SSSR count). The lowest BCUT2D eigenvalue weighted by Crippen LogP contribution is -2.36. The van der Waals surface area contributed by atoms with Gasteiger partial charge >= 0.3 is 0 Å². The van der Waals surface area contributed by atoms with Crippen molar-refractivity contribution in [1.82, 2.24) is 19.6 Å². The van der Waals surface area contributed by atoms with Crippen molar-refractivity contribution in [2.75, 3.05) is 24.5 Å². The van der Waals surface area contributed by atoms with Crippen LogP contribution in [-0.2, 0) is 23.0 Å². The summed E-state index contributed by atoms with van der Waals surface area (Å²) in [5, 5.41) is 2.12. The van der Waals surface area contributed by atoms with E-state index in [0.717, 1.165) is 49.7 Å². The molecule has 264 valence electrons. The molecule has 0 bridgehead atoms. The number of halogens is 2. The highest BCUT2D eigenvalue weighted by molar-refractivity contribution is 7.90. The first-order valence-corrected chi connectivity index (χ1v) is 19.4. The molecule has 0 fully saturated rings. The third kappa shape index (κ3) is 8.19. The molecule has 2 heterocycles. The van der Waals surface area contributed by atoms with Crippen molar-refractivity contribution >= 4 is 61.8 Å². The predicted octanol–water partition coefficient (Wildman–Crippen LogP) is 8.33. The maximum absolute atomic E-state index is 14.4. The molecule has 0 radical (unpaired) electrons. The molecule has 2 amide bonds. The van der Waals surface area contributed by atoms with Crippen molar-refractivity contribution in [3.8, 4) is 11.3 Å². The Morgan fingerprint density at radius 3 is 2.35 bits per heavy atom. The fraction of sp³-hybridized carbons (Fsp3) is 0.282. The summed E-state index contributed by atoms with van der Waals surface area (Å²) in [6, 6.07) is 22.2. The van der Waals surface area contributed by atoms with Gasteiger partial charge in [0.15, 0.2) is 0 Å². The van der Waals surface area contributed by atoms with Crippen LogP contribution in [0.4, 0.5) is 5.95 Å². The van der Waals surface area contributed by atoms with Crippen molar-refractivity contribution < 1.29 is 18.0 Å². The number of carbonyl (C=O) groups is 2. The first-order chi connectivity index (χ1) is 24.6. The third-order valence-corrected chi connectivity index (χ3v) is 10.9. The summed E-state index contributed by atoms with van der Waals surface area (Å²) < 4.78 is 29.0. The number of carbonyl (C=O) groups excluding carboxylic acids is 2. The smallest absolute Gasteiger partial charge is 0.265 e. The van der Waals surface area contributed by atoms with Crippen LogP contribution in [0.5, 0.6) is 0 Å². The Morgan fingerprint density at radius 1 is 0.882 bits per heavy atom. The quantitative estimate of drug-likeness (QED) is 0.137. The topological polar surface area (TPSA) is 113 Å². The molecule has 51 heavy (non-hydrogen) atoms. The number of rotatable bonds is 12. The van der Waals surface area contributed by atoms with Crippen LogP contribution in [0.3, 0.4) is 0 Å². The lowest BCUT2D eigenvalue weighted by atomic mass is 9.96. The van der Waals surface area contributed by atoms with Crippen molar-refractivity contribution in [2.45, 2.75) is 57.4 Å². The predicted molar refractivity (Wildman–Crippen MR) is 203 cm³/mol. The molecule has 9 nitrogen and oxygen atoms in total. The van der Waals surface area contributed by atoms with Crippen LogP contribution in [-0.4, -0.2) is 54.7 Å². The third-order valence-electron chi connectivity index (χ3n) is 9.07. The van der Waals surface area contributed by atoms with E-state index >= 15 is 0 Å². The van der Waals surface area contributed by atoms with E-state index in [-0.39, 0.29) is 27.0 Å². The second kappa shape index (κ2) is 15.8. The molecule has 1 aliphatic rings. The number of benzene rings is 4. The summed E-state index contributed by atoms with van der Waals surface area (Å²) in [5.74, 6) is -0.704. The Kier molecular flexibility index (Phi) is 11.2. The number of anilines is 1. The molecule has 0 saturated heterocycles. The van der Waals surface area contributed by atoms with Gasteiger partial charge < -0.3 is 9.80 Å². The summed E-state index contributed by atoms with van der Waals surface area (Å²) in [6.07, 6.45) is 6.16. The fourth-order valence-electron chi connectivity index (χ4n) is 6.22. The van der Waals surface area contributed by atoms with E-state index in [2.05, 4.69) is 34.5 Å². The standard InChI is InChI=1S/C39H39Cl2N5O4S/c1-3-5-18-45(19-6-4-2)39-42-24-35(41)36(43-39)33-16-13-28(23-34(33)38(48)46-20-17-26-9-7-8-10-29(26)25-46)37(47)44-51(49,50)32-15-12-27-11-14-31(40)21-30(27)22-32/h7-16,21-24H,3-6,17-20,25H2,1-2H3,(H,44,47). The van der Waals surface area contributed by atoms with Crippen molar-refractivity contribution in [1.29, 1.82) is 0 Å². The van der Waals surface area contributed by atoms with E-state index < -0.39 is 15.9 Å². The Balaban J connectivity index is 1.38. The van der Waals surface area contributed by atoms with Gasteiger partial charge in [-0.05, 0) is 77.6 Å². The zero-order valence-corrected chi connectivity index (χ0v) is 30.9. The number of nitrogens with zero attached hydrogens (tertiary/aromatic N) is 4. The maximum Gasteiger partial charge on any atom is 0.265 e. The lowest BCUT2D eigenvalue weighted by molar-refractivity contribution is 0.0735. The maximum atomic E-state index is 14.4. The molecule has 1 aliphatic heterocycles. The minimum atomic E-state index is -4.28. The second-order valence-corrected chi connectivity index (χ2v) is 15.2. The number of hydrogen-bond donors (Lipinski definition) is 1. The zero-order chi connectivity index (χ0) is 36.1.